The summed E-state index contributed by atoms with van der Waals surface area (Å²) in [5, 5.41) is 11.7. The lowest BCUT2D eigenvalue weighted by atomic mass is 9.95. The highest BCUT2D eigenvalue weighted by atomic mass is 35.5. The predicted octanol–water partition coefficient (Wildman–Crippen LogP) is 4.85. The number of nitrogens with zero attached hydrogens (tertiary/aromatic N) is 1. The molecule has 0 aromatic heterocycles. The highest BCUT2D eigenvalue weighted by molar-refractivity contribution is 6.46. The van der Waals surface area contributed by atoms with Crippen molar-refractivity contribution in [2.24, 2.45) is 0 Å². The second-order valence-electron chi connectivity index (χ2n) is 7.03. The van der Waals surface area contributed by atoms with E-state index < -0.39 is 17.7 Å². The van der Waals surface area contributed by atoms with Gasteiger partial charge in [-0.2, -0.15) is 0 Å². The van der Waals surface area contributed by atoms with Crippen LogP contribution in [0.5, 0.6) is 5.75 Å². The van der Waals surface area contributed by atoms with Crippen LogP contribution in [0.2, 0.25) is 10.0 Å². The molecule has 1 N–H and O–H groups in total. The number of amides is 1. The van der Waals surface area contributed by atoms with Gasteiger partial charge in [0.2, 0.25) is 0 Å². The number of methoxy groups -OCH3 is 1. The van der Waals surface area contributed by atoms with Gasteiger partial charge in [-0.3, -0.25) is 9.59 Å². The highest BCUT2D eigenvalue weighted by Crippen LogP contribution is 2.40. The maximum absolute atomic E-state index is 12.9. The van der Waals surface area contributed by atoms with Gasteiger partial charge in [0.1, 0.15) is 11.5 Å². The van der Waals surface area contributed by atoms with Crippen molar-refractivity contribution in [1.82, 2.24) is 4.90 Å². The zero-order valence-corrected chi connectivity index (χ0v) is 18.7. The lowest BCUT2D eigenvalue weighted by molar-refractivity contribution is -0.140. The number of hydrogen-bond donors (Lipinski definition) is 1. The monoisotopic (exact) mass is 463 g/mol. The molecule has 0 radical (unpaired) electrons. The minimum Gasteiger partial charge on any atom is -0.507 e. The number of rotatable bonds is 8. The van der Waals surface area contributed by atoms with Crippen molar-refractivity contribution in [2.75, 3.05) is 26.9 Å². The van der Waals surface area contributed by atoms with Gasteiger partial charge in [0.05, 0.1) is 34.9 Å². The first-order chi connectivity index (χ1) is 14.9. The summed E-state index contributed by atoms with van der Waals surface area (Å²) in [6.45, 7) is 2.99. The summed E-state index contributed by atoms with van der Waals surface area (Å²) in [6, 6.07) is 10.8. The van der Waals surface area contributed by atoms with Gasteiger partial charge in [0.25, 0.3) is 11.7 Å². The maximum Gasteiger partial charge on any atom is 0.295 e. The number of aliphatic hydroxyl groups is 1. The topological polar surface area (TPSA) is 76.1 Å². The molecule has 0 aliphatic carbocycles. The van der Waals surface area contributed by atoms with Crippen molar-refractivity contribution >= 4 is 40.7 Å². The van der Waals surface area contributed by atoms with E-state index in [1.165, 1.54) is 12.0 Å². The zero-order chi connectivity index (χ0) is 22.5. The van der Waals surface area contributed by atoms with Crippen LogP contribution in [0, 0.1) is 0 Å². The van der Waals surface area contributed by atoms with E-state index in [1.807, 2.05) is 6.92 Å². The minimum atomic E-state index is -0.819. The van der Waals surface area contributed by atoms with Crippen LogP contribution in [0.25, 0.3) is 5.76 Å². The van der Waals surface area contributed by atoms with Crippen LogP contribution in [0.15, 0.2) is 48.0 Å². The summed E-state index contributed by atoms with van der Waals surface area (Å²) >= 11 is 12.2. The van der Waals surface area contributed by atoms with E-state index in [9.17, 15) is 14.7 Å². The van der Waals surface area contributed by atoms with Crippen molar-refractivity contribution < 1.29 is 24.2 Å². The number of hydrogen-bond acceptors (Lipinski definition) is 5. The summed E-state index contributed by atoms with van der Waals surface area (Å²) in [4.78, 5) is 27.0. The molecule has 1 aliphatic rings. The van der Waals surface area contributed by atoms with E-state index in [-0.39, 0.29) is 29.5 Å². The Morgan fingerprint density at radius 3 is 2.39 bits per heavy atom. The molecular formula is C23H23Cl2NO5. The smallest absolute Gasteiger partial charge is 0.295 e. The molecule has 31 heavy (non-hydrogen) atoms. The first kappa shape index (κ1) is 23.1. The van der Waals surface area contributed by atoms with Crippen LogP contribution in [-0.4, -0.2) is 48.6 Å². The molecule has 1 saturated heterocycles. The quantitative estimate of drug-likeness (QED) is 0.344. The molecular weight excluding hydrogens is 441 g/mol. The summed E-state index contributed by atoms with van der Waals surface area (Å²) < 4.78 is 10.7. The fraction of sp³-hybridized carbons (Fsp3) is 0.304. The molecule has 8 heteroatoms. The SMILES string of the molecule is CCCOc1ccc(/C(O)=C2\C(=O)C(=O)N(CCOC)C2c2ccc(Cl)c(Cl)c2)cc1. The van der Waals surface area contributed by atoms with E-state index in [0.717, 1.165) is 6.42 Å². The molecule has 1 unspecified atom stereocenters. The fourth-order valence-corrected chi connectivity index (χ4v) is 3.72. The summed E-state index contributed by atoms with van der Waals surface area (Å²) in [7, 11) is 1.51. The number of aliphatic hydroxyl groups excluding tert-OH is 1. The van der Waals surface area contributed by atoms with Crippen molar-refractivity contribution in [3.63, 3.8) is 0 Å². The van der Waals surface area contributed by atoms with Gasteiger partial charge >= 0.3 is 0 Å². The van der Waals surface area contributed by atoms with Crippen molar-refractivity contribution in [3.8, 4) is 5.75 Å². The van der Waals surface area contributed by atoms with E-state index in [0.29, 0.717) is 28.5 Å². The molecule has 1 fully saturated rings. The second-order valence-corrected chi connectivity index (χ2v) is 7.85. The Kier molecular flexibility index (Phi) is 7.59. The zero-order valence-electron chi connectivity index (χ0n) is 17.2. The maximum atomic E-state index is 12.9. The normalized spacial score (nSPS) is 17.9. The Hall–Kier alpha value is -2.54. The number of ether oxygens (including phenoxy) is 2. The highest BCUT2D eigenvalue weighted by Gasteiger charge is 2.46. The van der Waals surface area contributed by atoms with Crippen LogP contribution in [-0.2, 0) is 14.3 Å². The summed E-state index contributed by atoms with van der Waals surface area (Å²) in [6.07, 6.45) is 0.871. The molecule has 1 atom stereocenters. The van der Waals surface area contributed by atoms with Crippen molar-refractivity contribution in [2.45, 2.75) is 19.4 Å². The molecule has 164 valence electrons. The van der Waals surface area contributed by atoms with Gasteiger partial charge in [-0.05, 0) is 48.4 Å². The van der Waals surface area contributed by atoms with E-state index in [4.69, 9.17) is 32.7 Å². The number of ketones is 1. The Bertz CT molecular complexity index is 1000. The van der Waals surface area contributed by atoms with E-state index in [1.54, 1.807) is 42.5 Å². The van der Waals surface area contributed by atoms with Crippen LogP contribution >= 0.6 is 23.2 Å². The van der Waals surface area contributed by atoms with Gasteiger partial charge in [-0.1, -0.05) is 36.2 Å². The molecule has 1 amide bonds. The molecule has 0 spiro atoms. The van der Waals surface area contributed by atoms with Crippen LogP contribution in [0.3, 0.4) is 0 Å². The standard InChI is InChI=1S/C23H23Cl2NO5/c1-3-11-31-16-7-4-14(5-8-16)21(27)19-20(15-6-9-17(24)18(25)13-15)26(10-12-30-2)23(29)22(19)28/h4-9,13,20,27H,3,10-12H2,1-2H3/b21-19+. The van der Waals surface area contributed by atoms with Crippen LogP contribution in [0.1, 0.15) is 30.5 Å². The average molecular weight is 464 g/mol. The first-order valence-electron chi connectivity index (χ1n) is 9.84. The molecule has 1 aliphatic heterocycles. The van der Waals surface area contributed by atoms with Crippen molar-refractivity contribution in [3.05, 3.63) is 69.2 Å². The molecule has 2 aromatic rings. The number of halogens is 2. The third-order valence-electron chi connectivity index (χ3n) is 4.94. The minimum absolute atomic E-state index is 0.0123. The largest absolute Gasteiger partial charge is 0.507 e. The number of likely N-dealkylation sites (tertiary alicyclic amines) is 1. The van der Waals surface area contributed by atoms with Gasteiger partial charge < -0.3 is 19.5 Å². The molecule has 3 rings (SSSR count). The first-order valence-corrected chi connectivity index (χ1v) is 10.6. The molecule has 0 bridgehead atoms. The number of Topliss-reactive ketones (excluding diaryl/α,β-unsaturated/α-hetero) is 1. The Labute approximate surface area is 191 Å². The Balaban J connectivity index is 2.08. The number of carbonyl (C=O) groups is 2. The van der Waals surface area contributed by atoms with E-state index >= 15 is 0 Å². The third kappa shape index (κ3) is 4.87. The predicted molar refractivity (Wildman–Crippen MR) is 120 cm³/mol. The number of carbonyl (C=O) groups excluding carboxylic acids is 2. The van der Waals surface area contributed by atoms with Crippen LogP contribution in [0.4, 0.5) is 0 Å². The molecule has 6 nitrogen and oxygen atoms in total. The third-order valence-corrected chi connectivity index (χ3v) is 5.68. The summed E-state index contributed by atoms with van der Waals surface area (Å²) in [5.74, 6) is -1.09. The Morgan fingerprint density at radius 2 is 1.77 bits per heavy atom. The summed E-state index contributed by atoms with van der Waals surface area (Å²) in [5.41, 5.74) is 0.953. The Morgan fingerprint density at radius 1 is 1.06 bits per heavy atom. The van der Waals surface area contributed by atoms with Gasteiger partial charge in [-0.25, -0.2) is 0 Å². The van der Waals surface area contributed by atoms with E-state index in [2.05, 4.69) is 0 Å². The average Bonchev–Trinajstić information content (AvgIpc) is 3.02. The van der Waals surface area contributed by atoms with Gasteiger partial charge in [0.15, 0.2) is 0 Å². The van der Waals surface area contributed by atoms with Crippen molar-refractivity contribution in [1.29, 1.82) is 0 Å². The number of benzene rings is 2. The fourth-order valence-electron chi connectivity index (χ4n) is 3.41. The van der Waals surface area contributed by atoms with Gasteiger partial charge in [-0.15, -0.1) is 0 Å². The van der Waals surface area contributed by atoms with Gasteiger partial charge in [0, 0.05) is 19.2 Å². The lowest BCUT2D eigenvalue weighted by Gasteiger charge is -2.25. The molecule has 0 saturated carbocycles. The second kappa shape index (κ2) is 10.2. The molecule has 2 aromatic carbocycles. The van der Waals surface area contributed by atoms with Crippen LogP contribution < -0.4 is 4.74 Å². The lowest BCUT2D eigenvalue weighted by Crippen LogP contribution is -2.32. The molecule has 1 heterocycles.